The number of nitrogens with zero attached hydrogens (tertiary/aromatic N) is 2. The lowest BCUT2D eigenvalue weighted by Crippen LogP contribution is -2.40. The predicted octanol–water partition coefficient (Wildman–Crippen LogP) is 4.98. The van der Waals surface area contributed by atoms with Crippen LogP contribution in [0.25, 0.3) is 17.3 Å². The van der Waals surface area contributed by atoms with Crippen molar-refractivity contribution >= 4 is 34.4 Å². The van der Waals surface area contributed by atoms with E-state index in [0.29, 0.717) is 42.3 Å². The Labute approximate surface area is 188 Å². The van der Waals surface area contributed by atoms with E-state index < -0.39 is 11.6 Å². The third kappa shape index (κ3) is 5.26. The van der Waals surface area contributed by atoms with Crippen LogP contribution in [0.3, 0.4) is 0 Å². The Kier molecular flexibility index (Phi) is 6.70. The van der Waals surface area contributed by atoms with Crippen molar-refractivity contribution in [3.63, 3.8) is 0 Å². The third-order valence-corrected chi connectivity index (χ3v) is 6.10. The summed E-state index contributed by atoms with van der Waals surface area (Å²) >= 11 is 1.22. The number of benzene rings is 2. The molecular weight excluding hydrogens is 432 g/mol. The molecule has 0 spiro atoms. The number of thiazole rings is 1. The monoisotopic (exact) mass is 453 g/mol. The number of rotatable bonds is 5. The first-order valence-electron chi connectivity index (χ1n) is 10.2. The van der Waals surface area contributed by atoms with Crippen molar-refractivity contribution in [3.8, 4) is 11.3 Å². The highest BCUT2D eigenvalue weighted by molar-refractivity contribution is 7.14. The Hall–Kier alpha value is -3.39. The number of aromatic nitrogens is 1. The zero-order valence-corrected chi connectivity index (χ0v) is 17.9. The number of nitrogens with one attached hydrogen (secondary N) is 1. The minimum absolute atomic E-state index is 0.0659. The van der Waals surface area contributed by atoms with Crippen LogP contribution in [0.4, 0.5) is 13.9 Å². The molecular formula is C24H21F2N3O2S. The largest absolute Gasteiger partial charge is 0.339 e. The molecule has 4 rings (SSSR count). The van der Waals surface area contributed by atoms with Crippen LogP contribution in [0.1, 0.15) is 18.4 Å². The Morgan fingerprint density at radius 3 is 2.53 bits per heavy atom. The fourth-order valence-electron chi connectivity index (χ4n) is 3.53. The molecule has 0 bridgehead atoms. The second kappa shape index (κ2) is 9.82. The summed E-state index contributed by atoms with van der Waals surface area (Å²) in [6, 6.07) is 13.2. The molecule has 2 aromatic carbocycles. The number of carbonyl (C=O) groups excluding carboxylic acids is 2. The van der Waals surface area contributed by atoms with Gasteiger partial charge in [0.25, 0.3) is 0 Å². The Bertz CT molecular complexity index is 1140. The van der Waals surface area contributed by atoms with Gasteiger partial charge in [-0.15, -0.1) is 11.3 Å². The molecule has 0 aliphatic carbocycles. The van der Waals surface area contributed by atoms with E-state index in [1.165, 1.54) is 17.4 Å². The average molecular weight is 454 g/mol. The summed E-state index contributed by atoms with van der Waals surface area (Å²) in [5.74, 6) is -2.29. The van der Waals surface area contributed by atoms with Crippen LogP contribution in [0.5, 0.6) is 0 Å². The molecule has 8 heteroatoms. The molecule has 0 unspecified atom stereocenters. The molecule has 0 saturated carbocycles. The zero-order chi connectivity index (χ0) is 22.5. The molecule has 1 aliphatic rings. The minimum Gasteiger partial charge on any atom is -0.339 e. The molecule has 32 heavy (non-hydrogen) atoms. The molecule has 1 aliphatic heterocycles. The van der Waals surface area contributed by atoms with Gasteiger partial charge in [-0.1, -0.05) is 30.3 Å². The van der Waals surface area contributed by atoms with E-state index in [-0.39, 0.29) is 17.7 Å². The molecule has 3 aromatic rings. The molecule has 0 atom stereocenters. The van der Waals surface area contributed by atoms with Gasteiger partial charge in [0.2, 0.25) is 11.8 Å². The van der Waals surface area contributed by atoms with Gasteiger partial charge in [-0.2, -0.15) is 0 Å². The van der Waals surface area contributed by atoms with Crippen LogP contribution < -0.4 is 5.32 Å². The van der Waals surface area contributed by atoms with Gasteiger partial charge >= 0.3 is 0 Å². The van der Waals surface area contributed by atoms with E-state index in [2.05, 4.69) is 10.3 Å². The summed E-state index contributed by atoms with van der Waals surface area (Å²) in [5, 5.41) is 4.89. The molecule has 5 nitrogen and oxygen atoms in total. The first kappa shape index (κ1) is 21.8. The summed E-state index contributed by atoms with van der Waals surface area (Å²) in [6.07, 6.45) is 4.48. The number of anilines is 1. The molecule has 2 heterocycles. The van der Waals surface area contributed by atoms with E-state index in [4.69, 9.17) is 0 Å². The summed E-state index contributed by atoms with van der Waals surface area (Å²) in [4.78, 5) is 31.1. The fourth-order valence-corrected chi connectivity index (χ4v) is 4.25. The quantitative estimate of drug-likeness (QED) is 0.555. The van der Waals surface area contributed by atoms with Crippen molar-refractivity contribution < 1.29 is 18.4 Å². The second-order valence-corrected chi connectivity index (χ2v) is 8.36. The maximum Gasteiger partial charge on any atom is 0.246 e. The molecule has 2 amide bonds. The van der Waals surface area contributed by atoms with Gasteiger partial charge in [-0.3, -0.25) is 9.59 Å². The van der Waals surface area contributed by atoms with Crippen LogP contribution in [0.15, 0.2) is 60.0 Å². The van der Waals surface area contributed by atoms with Crippen LogP contribution in [-0.4, -0.2) is 34.8 Å². The summed E-state index contributed by atoms with van der Waals surface area (Å²) < 4.78 is 26.6. The van der Waals surface area contributed by atoms with Crippen molar-refractivity contribution in [3.05, 3.63) is 77.2 Å². The van der Waals surface area contributed by atoms with Crippen molar-refractivity contribution in [2.75, 3.05) is 18.4 Å². The standard InChI is InChI=1S/C24H21F2N3O2S/c25-19-8-7-18(14-20(19)26)21-15-32-24(27-21)28-23(31)17-10-12-29(13-11-17)22(30)9-6-16-4-2-1-3-5-16/h1-9,14-15,17H,10-13H2,(H,27,28,31). The number of likely N-dealkylation sites (tertiary alicyclic amines) is 1. The highest BCUT2D eigenvalue weighted by atomic mass is 32.1. The number of hydrogen-bond donors (Lipinski definition) is 1. The SMILES string of the molecule is O=C(Nc1nc(-c2ccc(F)c(F)c2)cs1)C1CCN(C(=O)C=Cc2ccccc2)CC1. The van der Waals surface area contributed by atoms with Crippen LogP contribution in [-0.2, 0) is 9.59 Å². The number of amides is 2. The number of halogens is 2. The predicted molar refractivity (Wildman–Crippen MR) is 121 cm³/mol. The lowest BCUT2D eigenvalue weighted by molar-refractivity contribution is -0.130. The lowest BCUT2D eigenvalue weighted by atomic mass is 9.96. The molecule has 0 radical (unpaired) electrons. The van der Waals surface area contributed by atoms with Gasteiger partial charge in [0, 0.05) is 36.0 Å². The van der Waals surface area contributed by atoms with Crippen LogP contribution in [0.2, 0.25) is 0 Å². The van der Waals surface area contributed by atoms with Crippen LogP contribution >= 0.6 is 11.3 Å². The molecule has 1 fully saturated rings. The van der Waals surface area contributed by atoms with Gasteiger partial charge in [0.1, 0.15) is 0 Å². The van der Waals surface area contributed by atoms with Gasteiger partial charge in [0.15, 0.2) is 16.8 Å². The number of carbonyl (C=O) groups is 2. The molecule has 164 valence electrons. The Morgan fingerprint density at radius 2 is 1.81 bits per heavy atom. The number of piperidine rings is 1. The van der Waals surface area contributed by atoms with Crippen LogP contribution in [0, 0.1) is 17.6 Å². The average Bonchev–Trinajstić information content (AvgIpc) is 3.28. The maximum absolute atomic E-state index is 13.4. The van der Waals surface area contributed by atoms with E-state index in [1.54, 1.807) is 22.4 Å². The van der Waals surface area contributed by atoms with E-state index in [9.17, 15) is 18.4 Å². The summed E-state index contributed by atoms with van der Waals surface area (Å²) in [6.45, 7) is 1.02. The third-order valence-electron chi connectivity index (χ3n) is 5.35. The van der Waals surface area contributed by atoms with Crippen molar-refractivity contribution in [1.82, 2.24) is 9.88 Å². The van der Waals surface area contributed by atoms with Crippen molar-refractivity contribution in [2.45, 2.75) is 12.8 Å². The Morgan fingerprint density at radius 1 is 1.06 bits per heavy atom. The number of hydrogen-bond acceptors (Lipinski definition) is 4. The highest BCUT2D eigenvalue weighted by Crippen LogP contribution is 2.27. The normalized spacial score (nSPS) is 14.6. The van der Waals surface area contributed by atoms with Gasteiger partial charge in [0.05, 0.1) is 5.69 Å². The minimum atomic E-state index is -0.944. The highest BCUT2D eigenvalue weighted by Gasteiger charge is 2.27. The van der Waals surface area contributed by atoms with Crippen molar-refractivity contribution in [2.24, 2.45) is 5.92 Å². The van der Waals surface area contributed by atoms with Gasteiger partial charge in [-0.05, 0) is 42.7 Å². The van der Waals surface area contributed by atoms with Gasteiger partial charge < -0.3 is 10.2 Å². The smallest absolute Gasteiger partial charge is 0.246 e. The van der Waals surface area contributed by atoms with E-state index in [1.807, 2.05) is 30.3 Å². The van der Waals surface area contributed by atoms with E-state index >= 15 is 0 Å². The van der Waals surface area contributed by atoms with E-state index in [0.717, 1.165) is 17.7 Å². The first-order chi connectivity index (χ1) is 15.5. The molecule has 1 aromatic heterocycles. The molecule has 1 saturated heterocycles. The second-order valence-electron chi connectivity index (χ2n) is 7.50. The maximum atomic E-state index is 13.4. The summed E-state index contributed by atoms with van der Waals surface area (Å²) in [5.41, 5.74) is 1.87. The Balaban J connectivity index is 1.29. The fraction of sp³-hybridized carbons (Fsp3) is 0.208. The van der Waals surface area contributed by atoms with Gasteiger partial charge in [-0.25, -0.2) is 13.8 Å². The zero-order valence-electron chi connectivity index (χ0n) is 17.1. The topological polar surface area (TPSA) is 62.3 Å². The van der Waals surface area contributed by atoms with Crippen molar-refractivity contribution in [1.29, 1.82) is 0 Å². The summed E-state index contributed by atoms with van der Waals surface area (Å²) in [7, 11) is 0. The first-order valence-corrected chi connectivity index (χ1v) is 11.1. The molecule has 1 N–H and O–H groups in total. The lowest BCUT2D eigenvalue weighted by Gasteiger charge is -2.30.